The lowest BCUT2D eigenvalue weighted by Gasteiger charge is -2.37. The SMILES string of the molecule is CC1(C)C2CCC1(C)C(O)C2Cc1ccccc1. The predicted molar refractivity (Wildman–Crippen MR) is 74.3 cm³/mol. The quantitative estimate of drug-likeness (QED) is 0.841. The van der Waals surface area contributed by atoms with Crippen molar-refractivity contribution in [3.05, 3.63) is 35.9 Å². The van der Waals surface area contributed by atoms with E-state index in [9.17, 15) is 5.11 Å². The van der Waals surface area contributed by atoms with Gasteiger partial charge in [-0.3, -0.25) is 0 Å². The van der Waals surface area contributed by atoms with Crippen molar-refractivity contribution in [1.29, 1.82) is 0 Å². The first-order valence-electron chi connectivity index (χ1n) is 7.19. The normalized spacial score (nSPS) is 41.2. The second-order valence-corrected chi connectivity index (χ2v) is 7.08. The minimum absolute atomic E-state index is 0.122. The zero-order valence-electron chi connectivity index (χ0n) is 11.7. The molecule has 4 unspecified atom stereocenters. The van der Waals surface area contributed by atoms with Crippen LogP contribution in [0.3, 0.4) is 0 Å². The van der Waals surface area contributed by atoms with E-state index in [1.807, 2.05) is 0 Å². The largest absolute Gasteiger partial charge is 0.392 e. The van der Waals surface area contributed by atoms with E-state index in [-0.39, 0.29) is 16.9 Å². The second kappa shape index (κ2) is 3.84. The smallest absolute Gasteiger partial charge is 0.0633 e. The Morgan fingerprint density at radius 1 is 1.17 bits per heavy atom. The summed E-state index contributed by atoms with van der Waals surface area (Å²) in [7, 11) is 0. The average Bonchev–Trinajstić information content (AvgIpc) is 2.65. The van der Waals surface area contributed by atoms with Gasteiger partial charge in [-0.05, 0) is 47.5 Å². The van der Waals surface area contributed by atoms with Crippen molar-refractivity contribution in [2.75, 3.05) is 0 Å². The molecule has 0 amide bonds. The van der Waals surface area contributed by atoms with Crippen LogP contribution in [-0.4, -0.2) is 11.2 Å². The van der Waals surface area contributed by atoms with Gasteiger partial charge in [-0.15, -0.1) is 0 Å². The molecule has 98 valence electrons. The monoisotopic (exact) mass is 244 g/mol. The topological polar surface area (TPSA) is 20.2 Å². The number of benzene rings is 1. The molecule has 1 aromatic carbocycles. The summed E-state index contributed by atoms with van der Waals surface area (Å²) in [5, 5.41) is 10.7. The highest BCUT2D eigenvalue weighted by Crippen LogP contribution is 2.68. The number of hydrogen-bond donors (Lipinski definition) is 1. The number of hydrogen-bond acceptors (Lipinski definition) is 1. The molecule has 3 rings (SSSR count). The van der Waals surface area contributed by atoms with Crippen LogP contribution in [0.5, 0.6) is 0 Å². The third-order valence-electron chi connectivity index (χ3n) is 6.26. The molecule has 2 aliphatic carbocycles. The van der Waals surface area contributed by atoms with Gasteiger partial charge in [0.25, 0.3) is 0 Å². The van der Waals surface area contributed by atoms with Crippen molar-refractivity contribution in [2.45, 2.75) is 46.1 Å². The van der Waals surface area contributed by atoms with Crippen molar-refractivity contribution in [2.24, 2.45) is 22.7 Å². The summed E-state index contributed by atoms with van der Waals surface area (Å²) in [6.45, 7) is 7.01. The summed E-state index contributed by atoms with van der Waals surface area (Å²) >= 11 is 0. The molecule has 1 aromatic rings. The minimum atomic E-state index is -0.133. The highest BCUT2D eigenvalue weighted by Gasteiger charge is 2.65. The van der Waals surface area contributed by atoms with Crippen LogP contribution >= 0.6 is 0 Å². The molecule has 2 fully saturated rings. The Balaban J connectivity index is 1.88. The molecule has 0 radical (unpaired) electrons. The third kappa shape index (κ3) is 1.43. The maximum absolute atomic E-state index is 10.7. The summed E-state index contributed by atoms with van der Waals surface area (Å²) < 4.78 is 0. The summed E-state index contributed by atoms with van der Waals surface area (Å²) in [5.74, 6) is 1.12. The molecule has 0 saturated heterocycles. The number of fused-ring (bicyclic) bond motifs is 2. The van der Waals surface area contributed by atoms with Gasteiger partial charge in [-0.2, -0.15) is 0 Å². The molecule has 1 N–H and O–H groups in total. The Morgan fingerprint density at radius 2 is 1.83 bits per heavy atom. The first-order chi connectivity index (χ1) is 8.47. The molecule has 0 heterocycles. The van der Waals surface area contributed by atoms with Crippen molar-refractivity contribution >= 4 is 0 Å². The van der Waals surface area contributed by atoms with E-state index in [1.165, 1.54) is 18.4 Å². The van der Waals surface area contributed by atoms with Gasteiger partial charge in [0.1, 0.15) is 0 Å². The van der Waals surface area contributed by atoms with Gasteiger partial charge in [-0.25, -0.2) is 0 Å². The summed E-state index contributed by atoms with van der Waals surface area (Å²) in [6, 6.07) is 10.6. The van der Waals surface area contributed by atoms with Crippen LogP contribution in [0.25, 0.3) is 0 Å². The average molecular weight is 244 g/mol. The highest BCUT2D eigenvalue weighted by molar-refractivity contribution is 5.20. The van der Waals surface area contributed by atoms with Crippen molar-refractivity contribution < 1.29 is 5.11 Å². The van der Waals surface area contributed by atoms with Gasteiger partial charge in [0.2, 0.25) is 0 Å². The summed E-state index contributed by atoms with van der Waals surface area (Å²) in [5.41, 5.74) is 1.77. The van der Waals surface area contributed by atoms with Crippen LogP contribution < -0.4 is 0 Å². The summed E-state index contributed by atoms with van der Waals surface area (Å²) in [6.07, 6.45) is 3.38. The standard InChI is InChI=1S/C17H24O/c1-16(2)14-9-10-17(16,3)15(18)13(14)11-12-7-5-4-6-8-12/h4-8,13-15,18H,9-11H2,1-3H3. The van der Waals surface area contributed by atoms with Crippen LogP contribution in [0.2, 0.25) is 0 Å². The zero-order chi connectivity index (χ0) is 13.0. The van der Waals surface area contributed by atoms with E-state index in [1.54, 1.807) is 0 Å². The van der Waals surface area contributed by atoms with Gasteiger partial charge < -0.3 is 5.11 Å². The Morgan fingerprint density at radius 3 is 2.39 bits per heavy atom. The van der Waals surface area contributed by atoms with E-state index >= 15 is 0 Å². The molecule has 2 bridgehead atoms. The molecule has 0 spiro atoms. The van der Waals surface area contributed by atoms with E-state index in [0.29, 0.717) is 11.8 Å². The molecular formula is C17H24O. The molecular weight excluding hydrogens is 220 g/mol. The third-order valence-corrected chi connectivity index (χ3v) is 6.26. The predicted octanol–water partition coefficient (Wildman–Crippen LogP) is 3.66. The minimum Gasteiger partial charge on any atom is -0.392 e. The first-order valence-corrected chi connectivity index (χ1v) is 7.19. The lowest BCUT2D eigenvalue weighted by Crippen LogP contribution is -2.38. The second-order valence-electron chi connectivity index (χ2n) is 7.08. The summed E-state index contributed by atoms with van der Waals surface area (Å²) in [4.78, 5) is 0. The van der Waals surface area contributed by atoms with E-state index in [0.717, 1.165) is 6.42 Å². The van der Waals surface area contributed by atoms with E-state index in [4.69, 9.17) is 0 Å². The zero-order valence-corrected chi connectivity index (χ0v) is 11.7. The van der Waals surface area contributed by atoms with Crippen molar-refractivity contribution in [1.82, 2.24) is 0 Å². The van der Waals surface area contributed by atoms with Gasteiger partial charge in [0.15, 0.2) is 0 Å². The first kappa shape index (κ1) is 12.2. The fourth-order valence-corrected chi connectivity index (χ4v) is 4.67. The Kier molecular flexibility index (Phi) is 2.60. The number of aliphatic hydroxyl groups is 1. The van der Waals surface area contributed by atoms with Gasteiger partial charge >= 0.3 is 0 Å². The lowest BCUT2D eigenvalue weighted by molar-refractivity contribution is -0.0102. The lowest BCUT2D eigenvalue weighted by atomic mass is 9.70. The molecule has 18 heavy (non-hydrogen) atoms. The van der Waals surface area contributed by atoms with Gasteiger partial charge in [-0.1, -0.05) is 51.1 Å². The Labute approximate surface area is 110 Å². The maximum Gasteiger partial charge on any atom is 0.0633 e. The molecule has 0 aromatic heterocycles. The molecule has 4 atom stereocenters. The number of rotatable bonds is 2. The van der Waals surface area contributed by atoms with Crippen LogP contribution in [0.4, 0.5) is 0 Å². The van der Waals surface area contributed by atoms with Gasteiger partial charge in [0.05, 0.1) is 6.10 Å². The fourth-order valence-electron chi connectivity index (χ4n) is 4.67. The molecule has 0 aliphatic heterocycles. The number of aliphatic hydroxyl groups excluding tert-OH is 1. The molecule has 2 aliphatic rings. The molecule has 1 heteroatoms. The van der Waals surface area contributed by atoms with Crippen LogP contribution in [0.1, 0.15) is 39.2 Å². The molecule has 2 saturated carbocycles. The fraction of sp³-hybridized carbons (Fsp3) is 0.647. The van der Waals surface area contributed by atoms with E-state index < -0.39 is 0 Å². The van der Waals surface area contributed by atoms with Crippen molar-refractivity contribution in [3.63, 3.8) is 0 Å². The molecule has 1 nitrogen and oxygen atoms in total. The van der Waals surface area contributed by atoms with Crippen LogP contribution in [-0.2, 0) is 6.42 Å². The van der Waals surface area contributed by atoms with Gasteiger partial charge in [0, 0.05) is 0 Å². The van der Waals surface area contributed by atoms with Crippen LogP contribution in [0.15, 0.2) is 30.3 Å². The van der Waals surface area contributed by atoms with Crippen molar-refractivity contribution in [3.8, 4) is 0 Å². The van der Waals surface area contributed by atoms with Crippen LogP contribution in [0, 0.1) is 22.7 Å². The Bertz CT molecular complexity index is 436. The van der Waals surface area contributed by atoms with E-state index in [2.05, 4.69) is 51.1 Å². The highest BCUT2D eigenvalue weighted by atomic mass is 16.3. The Hall–Kier alpha value is -0.820. The maximum atomic E-state index is 10.7.